The molecule has 0 saturated heterocycles. The number of hydrogen-bond acceptors (Lipinski definition) is 4. The van der Waals surface area contributed by atoms with Crippen LogP contribution in [0.5, 0.6) is 0 Å². The first-order valence-corrected chi connectivity index (χ1v) is 7.95. The van der Waals surface area contributed by atoms with Gasteiger partial charge in [-0.2, -0.15) is 8.42 Å². The number of rotatable bonds is 4. The van der Waals surface area contributed by atoms with E-state index >= 15 is 0 Å². The predicted octanol–water partition coefficient (Wildman–Crippen LogP) is 1.79. The van der Waals surface area contributed by atoms with E-state index in [-0.39, 0.29) is 24.4 Å². The summed E-state index contributed by atoms with van der Waals surface area (Å²) in [6.07, 6.45) is 1.17. The molecule has 1 heterocycles. The zero-order chi connectivity index (χ0) is 16.3. The van der Waals surface area contributed by atoms with Crippen molar-refractivity contribution in [3.63, 3.8) is 0 Å². The zero-order valence-electron chi connectivity index (χ0n) is 12.1. The Kier molecular flexibility index (Phi) is 4.60. The smallest absolute Gasteiger partial charge is 0.344 e. The van der Waals surface area contributed by atoms with Crippen molar-refractivity contribution in [2.75, 3.05) is 6.61 Å². The van der Waals surface area contributed by atoms with Crippen molar-refractivity contribution in [1.82, 2.24) is 4.31 Å². The number of nitrogens with zero attached hydrogens (tertiary/aromatic N) is 2. The lowest BCUT2D eigenvalue weighted by Gasteiger charge is -2.23. The molecule has 1 aliphatic rings. The van der Waals surface area contributed by atoms with E-state index in [2.05, 4.69) is 4.40 Å². The molecule has 1 aromatic rings. The first-order valence-electron chi connectivity index (χ1n) is 6.55. The van der Waals surface area contributed by atoms with E-state index in [0.717, 1.165) is 4.31 Å². The second-order valence-corrected chi connectivity index (χ2v) is 6.14. The maximum atomic E-state index is 13.2. The van der Waals surface area contributed by atoms with Crippen molar-refractivity contribution >= 4 is 21.9 Å². The normalized spacial score (nSPS) is 16.8. The molecule has 0 unspecified atom stereocenters. The van der Waals surface area contributed by atoms with Gasteiger partial charge in [0.2, 0.25) is 0 Å². The molecule has 0 fully saturated rings. The van der Waals surface area contributed by atoms with Gasteiger partial charge in [0.25, 0.3) is 0 Å². The number of halogens is 1. The third kappa shape index (κ3) is 3.51. The molecule has 0 spiro atoms. The van der Waals surface area contributed by atoms with Crippen LogP contribution in [0.2, 0.25) is 0 Å². The molecule has 6 nitrogen and oxygen atoms in total. The number of hydrogen-bond donors (Lipinski definition) is 0. The molecule has 118 valence electrons. The number of esters is 1. The average Bonchev–Trinajstić information content (AvgIpc) is 2.41. The van der Waals surface area contributed by atoms with Crippen molar-refractivity contribution in [3.8, 4) is 0 Å². The van der Waals surface area contributed by atoms with Crippen LogP contribution in [0.4, 0.5) is 4.39 Å². The van der Waals surface area contributed by atoms with E-state index in [1.54, 1.807) is 13.0 Å². The van der Waals surface area contributed by atoms with Gasteiger partial charge in [-0.1, -0.05) is 12.1 Å². The highest BCUT2D eigenvalue weighted by Gasteiger charge is 2.28. The minimum atomic E-state index is -3.95. The Morgan fingerprint density at radius 1 is 1.41 bits per heavy atom. The summed E-state index contributed by atoms with van der Waals surface area (Å²) in [5.74, 6) is -1.12. The fourth-order valence-corrected chi connectivity index (χ4v) is 3.03. The average molecular weight is 326 g/mol. The SMILES string of the molecule is CCOC(=O)C1=CN(Cc2cccc(F)c2)S(=O)(=O)N=C1C. The topological polar surface area (TPSA) is 76.0 Å². The van der Waals surface area contributed by atoms with E-state index in [4.69, 9.17) is 4.74 Å². The molecular weight excluding hydrogens is 311 g/mol. The van der Waals surface area contributed by atoms with Gasteiger partial charge in [0.05, 0.1) is 24.4 Å². The molecule has 0 N–H and O–H groups in total. The van der Waals surface area contributed by atoms with Crippen LogP contribution in [0, 0.1) is 5.82 Å². The van der Waals surface area contributed by atoms with Crippen LogP contribution in [0.15, 0.2) is 40.4 Å². The molecule has 0 aromatic heterocycles. The van der Waals surface area contributed by atoms with E-state index in [1.165, 1.54) is 31.3 Å². The summed E-state index contributed by atoms with van der Waals surface area (Å²) < 4.78 is 46.6. The summed E-state index contributed by atoms with van der Waals surface area (Å²) in [6, 6.07) is 5.54. The van der Waals surface area contributed by atoms with Gasteiger partial charge in [-0.25, -0.2) is 9.18 Å². The van der Waals surface area contributed by atoms with Gasteiger partial charge < -0.3 is 4.74 Å². The summed E-state index contributed by atoms with van der Waals surface area (Å²) in [4.78, 5) is 11.8. The molecule has 1 aliphatic heterocycles. The lowest BCUT2D eigenvalue weighted by molar-refractivity contribution is -0.137. The van der Waals surface area contributed by atoms with Crippen molar-refractivity contribution in [1.29, 1.82) is 0 Å². The van der Waals surface area contributed by atoms with Gasteiger partial charge in [0.15, 0.2) is 0 Å². The molecular formula is C14H15FN2O4S. The van der Waals surface area contributed by atoms with Crippen LogP contribution < -0.4 is 0 Å². The van der Waals surface area contributed by atoms with Crippen LogP contribution in [0.3, 0.4) is 0 Å². The minimum absolute atomic E-state index is 0.0630. The standard InChI is InChI=1S/C14H15FN2O4S/c1-3-21-14(18)13-9-17(22(19,20)16-10(13)2)8-11-5-4-6-12(15)7-11/h4-7,9H,3,8H2,1-2H3. The van der Waals surface area contributed by atoms with Gasteiger partial charge in [-0.15, -0.1) is 4.40 Å². The molecule has 0 radical (unpaired) electrons. The molecule has 0 aliphatic carbocycles. The third-order valence-electron chi connectivity index (χ3n) is 2.93. The van der Waals surface area contributed by atoms with Gasteiger partial charge in [0.1, 0.15) is 5.82 Å². The highest BCUT2D eigenvalue weighted by Crippen LogP contribution is 2.20. The van der Waals surface area contributed by atoms with Gasteiger partial charge >= 0.3 is 16.2 Å². The van der Waals surface area contributed by atoms with E-state index < -0.39 is 22.0 Å². The van der Waals surface area contributed by atoms with Crippen LogP contribution >= 0.6 is 0 Å². The Hall–Kier alpha value is -2.22. The number of benzene rings is 1. The molecule has 0 bridgehead atoms. The summed E-state index contributed by atoms with van der Waals surface area (Å²) in [6.45, 7) is 3.11. The first kappa shape index (κ1) is 16.2. The molecule has 22 heavy (non-hydrogen) atoms. The molecule has 1 aromatic carbocycles. The maximum Gasteiger partial charge on any atom is 0.344 e. The quantitative estimate of drug-likeness (QED) is 0.791. The first-order chi connectivity index (χ1) is 10.3. The Labute approximate surface area is 128 Å². The fourth-order valence-electron chi connectivity index (χ4n) is 1.93. The van der Waals surface area contributed by atoms with Gasteiger partial charge in [-0.05, 0) is 31.5 Å². The van der Waals surface area contributed by atoms with E-state index in [1.807, 2.05) is 0 Å². The molecule has 2 rings (SSSR count). The Balaban J connectivity index is 2.34. The number of carbonyl (C=O) groups is 1. The lowest BCUT2D eigenvalue weighted by Crippen LogP contribution is -2.31. The highest BCUT2D eigenvalue weighted by molar-refractivity contribution is 7.88. The summed E-state index contributed by atoms with van der Waals surface area (Å²) in [7, 11) is -3.95. The van der Waals surface area contributed by atoms with Crippen molar-refractivity contribution < 1.29 is 22.3 Å². The highest BCUT2D eigenvalue weighted by atomic mass is 32.2. The monoisotopic (exact) mass is 326 g/mol. The van der Waals surface area contributed by atoms with Crippen molar-refractivity contribution in [3.05, 3.63) is 47.4 Å². The summed E-state index contributed by atoms with van der Waals surface area (Å²) in [5.41, 5.74) is 0.569. The van der Waals surface area contributed by atoms with Crippen molar-refractivity contribution in [2.24, 2.45) is 4.40 Å². The van der Waals surface area contributed by atoms with Crippen LogP contribution in [-0.2, 0) is 26.3 Å². The minimum Gasteiger partial charge on any atom is -0.462 e. The van der Waals surface area contributed by atoms with Crippen molar-refractivity contribution in [2.45, 2.75) is 20.4 Å². The Morgan fingerprint density at radius 2 is 2.14 bits per heavy atom. The number of ether oxygens (including phenoxy) is 1. The number of carbonyl (C=O) groups excluding carboxylic acids is 1. The largest absolute Gasteiger partial charge is 0.462 e. The summed E-state index contributed by atoms with van der Waals surface area (Å²) in [5, 5.41) is 0. The molecule has 0 atom stereocenters. The third-order valence-corrected chi connectivity index (χ3v) is 4.27. The molecule has 8 heteroatoms. The molecule has 0 saturated carbocycles. The summed E-state index contributed by atoms with van der Waals surface area (Å²) >= 11 is 0. The maximum absolute atomic E-state index is 13.2. The molecule has 0 amide bonds. The van der Waals surface area contributed by atoms with Crippen LogP contribution in [-0.4, -0.2) is 31.0 Å². The van der Waals surface area contributed by atoms with Gasteiger partial charge in [0, 0.05) is 6.20 Å². The fraction of sp³-hybridized carbons (Fsp3) is 0.286. The van der Waals surface area contributed by atoms with Crippen LogP contribution in [0.25, 0.3) is 0 Å². The van der Waals surface area contributed by atoms with E-state index in [9.17, 15) is 17.6 Å². The van der Waals surface area contributed by atoms with E-state index in [0.29, 0.717) is 5.56 Å². The second kappa shape index (κ2) is 6.27. The lowest BCUT2D eigenvalue weighted by atomic mass is 10.2. The Morgan fingerprint density at radius 3 is 2.77 bits per heavy atom. The zero-order valence-corrected chi connectivity index (χ0v) is 12.9. The van der Waals surface area contributed by atoms with Gasteiger partial charge in [-0.3, -0.25) is 4.31 Å². The Bertz CT molecular complexity index is 756. The second-order valence-electron chi connectivity index (χ2n) is 4.59. The predicted molar refractivity (Wildman–Crippen MR) is 78.7 cm³/mol. The van der Waals surface area contributed by atoms with Crippen LogP contribution in [0.1, 0.15) is 19.4 Å².